The summed E-state index contributed by atoms with van der Waals surface area (Å²) in [4.78, 5) is 65.1. The van der Waals surface area contributed by atoms with E-state index < -0.39 is 60.6 Å². The van der Waals surface area contributed by atoms with Crippen molar-refractivity contribution >= 4 is 29.5 Å². The van der Waals surface area contributed by atoms with Crippen LogP contribution in [0.4, 0.5) is 18.0 Å². The number of nitrogens with zero attached hydrogens (tertiary/aromatic N) is 1. The Morgan fingerprint density at radius 3 is 2.37 bits per heavy atom. The standard InChI is InChI=1S/C24H36F3N5O6/c1-13(2)8-16(31-22(37)28-3)21(36)32-12-23(5-6-23)10-17(32)20(35)30-15(9-14-4-7-29-19(14)34)18(33)11-38-24(25,26)27/h13-17H,4-12H2,1-3H3,(H,29,34)(H,30,35)(H2,28,31,37)/t14-,15?,16+,17-/m0/s1. The van der Waals surface area contributed by atoms with Crippen LogP contribution in [-0.4, -0.2) is 85.7 Å². The summed E-state index contributed by atoms with van der Waals surface area (Å²) in [5, 5.41) is 10.2. The normalized spacial score (nSPS) is 23.7. The number of Topliss-reactive ketones (excluding diaryl/α,β-unsaturated/α-hetero) is 1. The maximum atomic E-state index is 13.6. The van der Waals surface area contributed by atoms with Crippen LogP contribution in [0.1, 0.15) is 52.4 Å². The summed E-state index contributed by atoms with van der Waals surface area (Å²) < 4.78 is 41.4. The van der Waals surface area contributed by atoms with Gasteiger partial charge in [0.05, 0.1) is 6.04 Å². The number of hydrogen-bond acceptors (Lipinski definition) is 6. The molecule has 5 amide bonds. The molecule has 1 unspecified atom stereocenters. The van der Waals surface area contributed by atoms with Crippen LogP contribution < -0.4 is 21.3 Å². The molecule has 0 radical (unpaired) electrons. The van der Waals surface area contributed by atoms with Crippen LogP contribution in [0.25, 0.3) is 0 Å². The number of ether oxygens (including phenoxy) is 1. The van der Waals surface area contributed by atoms with Gasteiger partial charge in [-0.25, -0.2) is 4.79 Å². The number of ketones is 1. The molecule has 4 atom stereocenters. The van der Waals surface area contributed by atoms with Gasteiger partial charge in [-0.15, -0.1) is 13.2 Å². The first-order valence-corrected chi connectivity index (χ1v) is 12.8. The number of nitrogens with one attached hydrogen (secondary N) is 4. The Hall–Kier alpha value is -2.90. The molecule has 3 fully saturated rings. The summed E-state index contributed by atoms with van der Waals surface area (Å²) in [6, 6.07) is -3.81. The van der Waals surface area contributed by atoms with Crippen LogP contribution in [-0.2, 0) is 23.9 Å². The monoisotopic (exact) mass is 547 g/mol. The highest BCUT2D eigenvalue weighted by Gasteiger charge is 2.56. The predicted molar refractivity (Wildman–Crippen MR) is 127 cm³/mol. The molecule has 1 aliphatic carbocycles. The van der Waals surface area contributed by atoms with Gasteiger partial charge in [-0.3, -0.25) is 23.9 Å². The van der Waals surface area contributed by atoms with E-state index in [0.29, 0.717) is 32.4 Å². The molecule has 3 rings (SSSR count). The molecule has 0 bridgehead atoms. The van der Waals surface area contributed by atoms with Crippen molar-refractivity contribution in [1.82, 2.24) is 26.2 Å². The predicted octanol–water partition coefficient (Wildman–Crippen LogP) is 0.828. The van der Waals surface area contributed by atoms with E-state index in [1.165, 1.54) is 11.9 Å². The molecule has 0 aromatic carbocycles. The highest BCUT2D eigenvalue weighted by atomic mass is 19.4. The molecule has 2 heterocycles. The Bertz CT molecular complexity index is 939. The van der Waals surface area contributed by atoms with Gasteiger partial charge < -0.3 is 26.2 Å². The quantitative estimate of drug-likeness (QED) is 0.302. The fraction of sp³-hybridized carbons (Fsp3) is 0.792. The zero-order valence-corrected chi connectivity index (χ0v) is 21.8. The Kier molecular flexibility index (Phi) is 9.26. The lowest BCUT2D eigenvalue weighted by atomic mass is 9.95. The molecule has 3 aliphatic rings. The Morgan fingerprint density at radius 1 is 1.16 bits per heavy atom. The van der Waals surface area contributed by atoms with Gasteiger partial charge in [-0.2, -0.15) is 0 Å². The lowest BCUT2D eigenvalue weighted by Gasteiger charge is -2.30. The van der Waals surface area contributed by atoms with Crippen LogP contribution >= 0.6 is 0 Å². The zero-order chi connectivity index (χ0) is 28.3. The fourth-order valence-electron chi connectivity index (χ4n) is 5.13. The lowest BCUT2D eigenvalue weighted by molar-refractivity contribution is -0.321. The van der Waals surface area contributed by atoms with Crippen molar-refractivity contribution in [1.29, 1.82) is 0 Å². The topological polar surface area (TPSA) is 146 Å². The third-order valence-corrected chi connectivity index (χ3v) is 7.36. The summed E-state index contributed by atoms with van der Waals surface area (Å²) in [6.45, 7) is 3.13. The third-order valence-electron chi connectivity index (χ3n) is 7.36. The van der Waals surface area contributed by atoms with E-state index in [4.69, 9.17) is 0 Å². The minimum atomic E-state index is -5.04. The lowest BCUT2D eigenvalue weighted by Crippen LogP contribution is -2.56. The Balaban J connectivity index is 1.78. The van der Waals surface area contributed by atoms with Crippen LogP contribution in [0.2, 0.25) is 0 Å². The highest BCUT2D eigenvalue weighted by Crippen LogP contribution is 2.55. The summed E-state index contributed by atoms with van der Waals surface area (Å²) in [7, 11) is 1.42. The summed E-state index contributed by atoms with van der Waals surface area (Å²) >= 11 is 0. The molecule has 38 heavy (non-hydrogen) atoms. The molecule has 1 spiro atoms. The van der Waals surface area contributed by atoms with E-state index >= 15 is 0 Å². The van der Waals surface area contributed by atoms with Gasteiger partial charge in [0.1, 0.15) is 18.7 Å². The van der Waals surface area contributed by atoms with E-state index in [1.54, 1.807) is 0 Å². The molecular formula is C24H36F3N5O6. The second kappa shape index (κ2) is 11.9. The van der Waals surface area contributed by atoms with Gasteiger partial charge in [-0.05, 0) is 49.9 Å². The van der Waals surface area contributed by atoms with E-state index in [0.717, 1.165) is 12.8 Å². The summed E-state index contributed by atoms with van der Waals surface area (Å²) in [5.74, 6) is -3.09. The van der Waals surface area contributed by atoms with E-state index in [9.17, 15) is 37.1 Å². The van der Waals surface area contributed by atoms with E-state index in [1.807, 2.05) is 13.8 Å². The molecular weight excluding hydrogens is 511 g/mol. The van der Waals surface area contributed by atoms with Crippen molar-refractivity contribution in [2.45, 2.75) is 76.9 Å². The molecule has 11 nitrogen and oxygen atoms in total. The van der Waals surface area contributed by atoms with Gasteiger partial charge in [-0.1, -0.05) is 13.8 Å². The largest absolute Gasteiger partial charge is 0.522 e. The average molecular weight is 548 g/mol. The van der Waals surface area contributed by atoms with Crippen molar-refractivity contribution in [3.05, 3.63) is 0 Å². The maximum Gasteiger partial charge on any atom is 0.522 e. The van der Waals surface area contributed by atoms with Crippen molar-refractivity contribution in [2.24, 2.45) is 17.3 Å². The first-order valence-electron chi connectivity index (χ1n) is 12.8. The van der Waals surface area contributed by atoms with Crippen molar-refractivity contribution in [3.8, 4) is 0 Å². The number of carbonyl (C=O) groups excluding carboxylic acids is 5. The number of hydrogen-bond donors (Lipinski definition) is 4. The number of carbonyl (C=O) groups is 5. The van der Waals surface area contributed by atoms with E-state index in [2.05, 4.69) is 26.0 Å². The van der Waals surface area contributed by atoms with Gasteiger partial charge in [0.15, 0.2) is 5.78 Å². The molecule has 1 saturated carbocycles. The van der Waals surface area contributed by atoms with Gasteiger partial charge in [0.25, 0.3) is 0 Å². The second-order valence-electron chi connectivity index (χ2n) is 10.9. The second-order valence-corrected chi connectivity index (χ2v) is 10.9. The molecule has 2 saturated heterocycles. The van der Waals surface area contributed by atoms with Gasteiger partial charge >= 0.3 is 12.4 Å². The Labute approximate surface area is 218 Å². The summed E-state index contributed by atoms with van der Waals surface area (Å²) in [5.41, 5.74) is -0.239. The maximum absolute atomic E-state index is 13.6. The third kappa shape index (κ3) is 7.81. The highest BCUT2D eigenvalue weighted by molar-refractivity contribution is 5.95. The molecule has 4 N–H and O–H groups in total. The molecule has 0 aromatic heterocycles. The number of alkyl halides is 3. The molecule has 214 valence electrons. The van der Waals surface area contributed by atoms with Gasteiger partial charge in [0, 0.05) is 26.1 Å². The Morgan fingerprint density at radius 2 is 1.84 bits per heavy atom. The smallest absolute Gasteiger partial charge is 0.356 e. The van der Waals surface area contributed by atoms with Crippen LogP contribution in [0.3, 0.4) is 0 Å². The molecule has 0 aromatic rings. The zero-order valence-electron chi connectivity index (χ0n) is 21.8. The SMILES string of the molecule is CNC(=O)N[C@H](CC(C)C)C(=O)N1CC2(CC2)C[C@H]1C(=O)NC(C[C@@H]1CCNC1=O)C(=O)COC(F)(F)F. The number of likely N-dealkylation sites (tertiary alicyclic amines) is 1. The van der Waals surface area contributed by atoms with Crippen LogP contribution in [0.15, 0.2) is 0 Å². The van der Waals surface area contributed by atoms with Gasteiger partial charge in [0.2, 0.25) is 17.7 Å². The molecule has 2 aliphatic heterocycles. The van der Waals surface area contributed by atoms with Crippen molar-refractivity contribution in [2.75, 3.05) is 26.7 Å². The van der Waals surface area contributed by atoms with Crippen molar-refractivity contribution in [3.63, 3.8) is 0 Å². The minimum Gasteiger partial charge on any atom is -0.356 e. The first-order chi connectivity index (χ1) is 17.7. The first kappa shape index (κ1) is 29.7. The number of halogens is 3. The number of amides is 5. The van der Waals surface area contributed by atoms with Crippen LogP contribution in [0, 0.1) is 17.3 Å². The average Bonchev–Trinajstić information content (AvgIpc) is 3.29. The number of rotatable bonds is 11. The molecule has 14 heteroatoms. The van der Waals surface area contributed by atoms with E-state index in [-0.39, 0.29) is 23.7 Å². The summed E-state index contributed by atoms with van der Waals surface area (Å²) in [6.07, 6.45) is -2.56. The van der Waals surface area contributed by atoms with Crippen LogP contribution in [0.5, 0.6) is 0 Å². The van der Waals surface area contributed by atoms with Crippen molar-refractivity contribution < 1.29 is 41.9 Å². The minimum absolute atomic E-state index is 0.0547. The number of urea groups is 1. The fourth-order valence-corrected chi connectivity index (χ4v) is 5.13.